The Bertz CT molecular complexity index is 1650. The Labute approximate surface area is 208 Å². The van der Waals surface area contributed by atoms with Gasteiger partial charge in [0.15, 0.2) is 0 Å². The maximum atomic E-state index is 13.7. The van der Waals surface area contributed by atoms with Crippen LogP contribution < -0.4 is 10.2 Å². The van der Waals surface area contributed by atoms with Crippen molar-refractivity contribution in [1.82, 2.24) is 13.9 Å². The number of piperidine rings is 1. The lowest BCUT2D eigenvalue weighted by Crippen LogP contribution is -2.35. The monoisotopic (exact) mass is 499 g/mol. The van der Waals surface area contributed by atoms with Crippen LogP contribution in [0, 0.1) is 0 Å². The minimum absolute atomic E-state index is 0.158. The van der Waals surface area contributed by atoms with E-state index in [-0.39, 0.29) is 11.0 Å². The first-order chi connectivity index (χ1) is 17.5. The molecule has 1 fully saturated rings. The molecule has 0 amide bonds. The summed E-state index contributed by atoms with van der Waals surface area (Å²) in [7, 11) is -3.89. The van der Waals surface area contributed by atoms with Crippen molar-refractivity contribution in [3.63, 3.8) is 0 Å². The van der Waals surface area contributed by atoms with E-state index in [9.17, 15) is 13.5 Å². The zero-order chi connectivity index (χ0) is 24.7. The molecule has 36 heavy (non-hydrogen) atoms. The smallest absolute Gasteiger partial charge is 0.270 e. The molecule has 0 aliphatic carbocycles. The van der Waals surface area contributed by atoms with Gasteiger partial charge in [-0.05, 0) is 55.3 Å². The van der Waals surface area contributed by atoms with Gasteiger partial charge in [0.25, 0.3) is 10.0 Å². The van der Waals surface area contributed by atoms with Gasteiger partial charge < -0.3 is 15.3 Å². The molecule has 1 saturated heterocycles. The van der Waals surface area contributed by atoms with E-state index < -0.39 is 10.0 Å². The third-order valence-corrected chi connectivity index (χ3v) is 8.36. The maximum absolute atomic E-state index is 13.7. The van der Waals surface area contributed by atoms with Gasteiger partial charge in [-0.1, -0.05) is 18.2 Å². The van der Waals surface area contributed by atoms with Crippen molar-refractivity contribution in [3.8, 4) is 0 Å². The van der Waals surface area contributed by atoms with E-state index in [1.165, 1.54) is 3.97 Å². The lowest BCUT2D eigenvalue weighted by Gasteiger charge is -2.31. The Hall–Kier alpha value is -3.95. The number of nitrogens with zero attached hydrogens (tertiary/aromatic N) is 4. The standard InChI is InChI=1S/C27H25N5O3S/c33-23-11-14-31(15-12-23)22-8-6-21(7-9-22)30-26-17-24-20(18-29-26)10-16-32(24)36(34,35)25-5-1-3-19-4-2-13-28-27(19)25/h1-10,13,16-18,23,33H,11-12,14-15H2,(H,29,30). The topological polar surface area (TPSA) is 100 Å². The van der Waals surface area contributed by atoms with E-state index in [1.807, 2.05) is 36.4 Å². The molecule has 6 rings (SSSR count). The van der Waals surface area contributed by atoms with Gasteiger partial charge in [-0.3, -0.25) is 4.98 Å². The van der Waals surface area contributed by atoms with Gasteiger partial charge in [0.1, 0.15) is 10.7 Å². The Balaban J connectivity index is 1.30. The predicted octanol–water partition coefficient (Wildman–Crippen LogP) is 4.53. The highest BCUT2D eigenvalue weighted by molar-refractivity contribution is 7.90. The van der Waals surface area contributed by atoms with Crippen molar-refractivity contribution >= 4 is 49.0 Å². The van der Waals surface area contributed by atoms with Crippen LogP contribution in [0.25, 0.3) is 21.8 Å². The second-order valence-corrected chi connectivity index (χ2v) is 10.7. The zero-order valence-corrected chi connectivity index (χ0v) is 20.3. The number of hydrogen-bond donors (Lipinski definition) is 2. The summed E-state index contributed by atoms with van der Waals surface area (Å²) >= 11 is 0. The first-order valence-corrected chi connectivity index (χ1v) is 13.3. The van der Waals surface area contributed by atoms with E-state index in [1.54, 1.807) is 48.9 Å². The van der Waals surface area contributed by atoms with Crippen LogP contribution in [-0.4, -0.2) is 46.7 Å². The van der Waals surface area contributed by atoms with Crippen molar-refractivity contribution in [2.75, 3.05) is 23.3 Å². The number of fused-ring (bicyclic) bond motifs is 2. The lowest BCUT2D eigenvalue weighted by atomic mass is 10.1. The molecule has 182 valence electrons. The molecule has 9 heteroatoms. The summed E-state index contributed by atoms with van der Waals surface area (Å²) in [6.45, 7) is 1.67. The molecule has 8 nitrogen and oxygen atoms in total. The number of anilines is 3. The molecule has 0 unspecified atom stereocenters. The lowest BCUT2D eigenvalue weighted by molar-refractivity contribution is 0.145. The van der Waals surface area contributed by atoms with Crippen LogP contribution in [0.5, 0.6) is 0 Å². The molecule has 3 aromatic heterocycles. The highest BCUT2D eigenvalue weighted by Crippen LogP contribution is 2.29. The highest BCUT2D eigenvalue weighted by Gasteiger charge is 2.22. The van der Waals surface area contributed by atoms with Crippen LogP contribution in [0.15, 0.2) is 90.2 Å². The fourth-order valence-corrected chi connectivity index (χ4v) is 6.21. The van der Waals surface area contributed by atoms with E-state index >= 15 is 0 Å². The number of rotatable bonds is 5. The normalized spacial score (nSPS) is 15.0. The first-order valence-electron chi connectivity index (χ1n) is 11.9. The van der Waals surface area contributed by atoms with Crippen LogP contribution in [0.3, 0.4) is 0 Å². The molecule has 1 aliphatic heterocycles. The Morgan fingerprint density at radius 2 is 1.69 bits per heavy atom. The summed E-state index contributed by atoms with van der Waals surface area (Å²) in [5.41, 5.74) is 2.93. The van der Waals surface area contributed by atoms with Gasteiger partial charge in [-0.15, -0.1) is 0 Å². The highest BCUT2D eigenvalue weighted by atomic mass is 32.2. The second-order valence-electron chi connectivity index (χ2n) is 8.97. The summed E-state index contributed by atoms with van der Waals surface area (Å²) in [5, 5.41) is 14.5. The first kappa shape index (κ1) is 22.5. The largest absolute Gasteiger partial charge is 0.393 e. The van der Waals surface area contributed by atoms with Crippen LogP contribution in [0.4, 0.5) is 17.2 Å². The summed E-state index contributed by atoms with van der Waals surface area (Å²) in [5.74, 6) is 0.544. The number of pyridine rings is 2. The Morgan fingerprint density at radius 1 is 0.917 bits per heavy atom. The molecular formula is C27H25N5O3S. The van der Waals surface area contributed by atoms with Crippen molar-refractivity contribution in [1.29, 1.82) is 0 Å². The minimum Gasteiger partial charge on any atom is -0.393 e. The molecule has 0 bridgehead atoms. The third kappa shape index (κ3) is 4.06. The summed E-state index contributed by atoms with van der Waals surface area (Å²) in [6, 6.07) is 20.3. The van der Waals surface area contributed by atoms with Crippen molar-refractivity contribution in [2.45, 2.75) is 23.8 Å². The SMILES string of the molecule is O=S(=O)(c1cccc2cccnc12)n1ccc2cnc(Nc3ccc(N4CCC(O)CC4)cc3)cc21. The molecule has 1 aliphatic rings. The number of aliphatic hydroxyl groups excluding tert-OH is 1. The number of para-hydroxylation sites is 1. The average Bonchev–Trinajstić information content (AvgIpc) is 3.33. The number of nitrogens with one attached hydrogen (secondary N) is 1. The predicted molar refractivity (Wildman–Crippen MR) is 141 cm³/mol. The number of benzene rings is 2. The van der Waals surface area contributed by atoms with Gasteiger partial charge in [-0.2, -0.15) is 0 Å². The van der Waals surface area contributed by atoms with Crippen molar-refractivity contribution < 1.29 is 13.5 Å². The molecule has 2 aromatic carbocycles. The van der Waals surface area contributed by atoms with E-state index in [0.29, 0.717) is 16.9 Å². The van der Waals surface area contributed by atoms with Gasteiger partial charge in [-0.25, -0.2) is 17.4 Å². The van der Waals surface area contributed by atoms with Gasteiger partial charge in [0.05, 0.1) is 17.1 Å². The van der Waals surface area contributed by atoms with E-state index in [2.05, 4.69) is 20.2 Å². The molecule has 5 aromatic rings. The summed E-state index contributed by atoms with van der Waals surface area (Å²) < 4.78 is 28.6. The molecule has 2 N–H and O–H groups in total. The van der Waals surface area contributed by atoms with Crippen LogP contribution >= 0.6 is 0 Å². The fraction of sp³-hybridized carbons (Fsp3) is 0.185. The number of aromatic nitrogens is 3. The van der Waals surface area contributed by atoms with E-state index in [0.717, 1.165) is 48.1 Å². The van der Waals surface area contributed by atoms with Crippen LogP contribution in [-0.2, 0) is 10.0 Å². The molecule has 0 atom stereocenters. The quantitative estimate of drug-likeness (QED) is 0.367. The molecular weight excluding hydrogens is 474 g/mol. The molecule has 4 heterocycles. The van der Waals surface area contributed by atoms with Crippen LogP contribution in [0.1, 0.15) is 12.8 Å². The van der Waals surface area contributed by atoms with Gasteiger partial charge in [0, 0.05) is 59.9 Å². The summed E-state index contributed by atoms with van der Waals surface area (Å²) in [6.07, 6.45) is 6.17. The Morgan fingerprint density at radius 3 is 2.50 bits per heavy atom. The van der Waals surface area contributed by atoms with Crippen molar-refractivity contribution in [2.24, 2.45) is 0 Å². The molecule has 0 saturated carbocycles. The zero-order valence-electron chi connectivity index (χ0n) is 19.4. The molecule has 0 radical (unpaired) electrons. The Kier molecular flexibility index (Phi) is 5.58. The fourth-order valence-electron chi connectivity index (χ4n) is 4.70. The van der Waals surface area contributed by atoms with Crippen molar-refractivity contribution in [3.05, 3.63) is 85.3 Å². The number of aliphatic hydroxyl groups is 1. The van der Waals surface area contributed by atoms with Crippen LogP contribution in [0.2, 0.25) is 0 Å². The van der Waals surface area contributed by atoms with Gasteiger partial charge in [0.2, 0.25) is 0 Å². The molecule has 0 spiro atoms. The number of hydrogen-bond acceptors (Lipinski definition) is 7. The van der Waals surface area contributed by atoms with E-state index in [4.69, 9.17) is 0 Å². The average molecular weight is 500 g/mol. The van der Waals surface area contributed by atoms with Gasteiger partial charge >= 0.3 is 0 Å². The minimum atomic E-state index is -3.89. The second kappa shape index (κ2) is 8.92. The summed E-state index contributed by atoms with van der Waals surface area (Å²) in [4.78, 5) is 11.2. The third-order valence-electron chi connectivity index (χ3n) is 6.64. The maximum Gasteiger partial charge on any atom is 0.270 e.